The number of likely N-dealkylation sites (N-methyl/N-ethyl adjacent to an activating group) is 1. The van der Waals surface area contributed by atoms with E-state index < -0.39 is 12.9 Å². The third-order valence-corrected chi connectivity index (χ3v) is 3.59. The van der Waals surface area contributed by atoms with Crippen molar-refractivity contribution in [3.63, 3.8) is 0 Å². The molecule has 17 heavy (non-hydrogen) atoms. The van der Waals surface area contributed by atoms with Crippen LogP contribution >= 0.6 is 15.9 Å². The van der Waals surface area contributed by atoms with Gasteiger partial charge in [0, 0.05) is 42.2 Å². The first-order valence-electron chi connectivity index (χ1n) is 6.76. The van der Waals surface area contributed by atoms with Crippen molar-refractivity contribution in [1.29, 1.82) is 0 Å². The van der Waals surface area contributed by atoms with Crippen LogP contribution in [0.2, 0.25) is 0 Å². The van der Waals surface area contributed by atoms with E-state index in [9.17, 15) is 4.79 Å². The molecule has 3 heterocycles. The summed E-state index contributed by atoms with van der Waals surface area (Å²) in [6, 6.07) is 3.55. The minimum atomic E-state index is -2.40. The Labute approximate surface area is 112 Å². The second kappa shape index (κ2) is 3.57. The molecule has 88 valence electrons. The van der Waals surface area contributed by atoms with Gasteiger partial charge in [-0.3, -0.25) is 4.79 Å². The van der Waals surface area contributed by atoms with E-state index in [0.29, 0.717) is 27.6 Å². The minimum absolute atomic E-state index is 0.202. The van der Waals surface area contributed by atoms with Gasteiger partial charge in [-0.15, -0.1) is 0 Å². The summed E-state index contributed by atoms with van der Waals surface area (Å²) in [5, 5.41) is 0.699. The molecule has 0 spiro atoms. The molecule has 0 unspecified atom stereocenters. The maximum atomic E-state index is 12.5. The lowest BCUT2D eigenvalue weighted by atomic mass is 10.1. The van der Waals surface area contributed by atoms with E-state index in [-0.39, 0.29) is 6.54 Å². The number of pyridine rings is 1. The van der Waals surface area contributed by atoms with Gasteiger partial charge in [0.05, 0.1) is 5.56 Å². The molecule has 0 N–H and O–H groups in total. The maximum absolute atomic E-state index is 12.5. The van der Waals surface area contributed by atoms with E-state index in [1.807, 2.05) is 11.6 Å². The molecule has 2 aromatic rings. The first-order chi connectivity index (χ1) is 9.30. The van der Waals surface area contributed by atoms with Gasteiger partial charge in [0.15, 0.2) is 0 Å². The molecule has 3 rings (SSSR count). The first kappa shape index (κ1) is 7.87. The summed E-state index contributed by atoms with van der Waals surface area (Å²) in [6.45, 7) is -2.20. The molecular weight excluding hydrogens is 282 g/mol. The van der Waals surface area contributed by atoms with Gasteiger partial charge in [-0.05, 0) is 28.1 Å². The highest BCUT2D eigenvalue weighted by Crippen LogP contribution is 2.29. The Hall–Kier alpha value is -1.36. The van der Waals surface area contributed by atoms with Gasteiger partial charge in [-0.25, -0.2) is 4.98 Å². The van der Waals surface area contributed by atoms with Crippen LogP contribution in [0.25, 0.3) is 11.0 Å². The largest absolute Gasteiger partial charge is 0.341 e. The predicted molar refractivity (Wildman–Crippen MR) is 69.1 cm³/mol. The molecular formula is C12H12BrN3O. The summed E-state index contributed by atoms with van der Waals surface area (Å²) < 4.78 is 24.9. The van der Waals surface area contributed by atoms with Crippen molar-refractivity contribution in [2.24, 2.45) is 7.05 Å². The van der Waals surface area contributed by atoms with Gasteiger partial charge in [0.25, 0.3) is 5.91 Å². The highest BCUT2D eigenvalue weighted by molar-refractivity contribution is 9.10. The van der Waals surface area contributed by atoms with Gasteiger partial charge < -0.3 is 9.47 Å². The third-order valence-electron chi connectivity index (χ3n) is 3.15. The topological polar surface area (TPSA) is 38.1 Å². The van der Waals surface area contributed by atoms with Crippen LogP contribution in [0.5, 0.6) is 0 Å². The Balaban J connectivity index is 2.25. The van der Waals surface area contributed by atoms with Crippen LogP contribution in [-0.2, 0) is 13.5 Å². The lowest BCUT2D eigenvalue weighted by molar-refractivity contribution is 0.0781. The number of rotatable bonds is 0. The standard InChI is InChI=1S/C12H12BrN3O/c1-15-6-5-8-10(12(15)17)7-3-4-9(13)14-11(7)16(8)2/h3-4H,5-6H2,1-2H3/i1T3. The van der Waals surface area contributed by atoms with Crippen LogP contribution < -0.4 is 0 Å². The van der Waals surface area contributed by atoms with Crippen molar-refractivity contribution in [3.05, 3.63) is 28.0 Å². The molecule has 0 radical (unpaired) electrons. The minimum Gasteiger partial charge on any atom is -0.341 e. The Bertz CT molecular complexity index is 723. The molecule has 1 aliphatic heterocycles. The second-order valence-electron chi connectivity index (χ2n) is 4.09. The average Bonchev–Trinajstić information content (AvgIpc) is 2.63. The van der Waals surface area contributed by atoms with Crippen molar-refractivity contribution in [2.45, 2.75) is 6.42 Å². The van der Waals surface area contributed by atoms with E-state index in [1.54, 1.807) is 12.1 Å². The summed E-state index contributed by atoms with van der Waals surface area (Å²) in [6.07, 6.45) is 0.518. The predicted octanol–water partition coefficient (Wildman–Crippen LogP) is 1.96. The second-order valence-corrected chi connectivity index (χ2v) is 4.91. The Kier molecular flexibility index (Phi) is 1.65. The molecule has 5 heteroatoms. The molecule has 0 saturated carbocycles. The number of hydrogen-bond acceptors (Lipinski definition) is 2. The Morgan fingerprint density at radius 3 is 3.12 bits per heavy atom. The number of aryl methyl sites for hydroxylation is 1. The highest BCUT2D eigenvalue weighted by atomic mass is 79.9. The number of carbonyl (C=O) groups excluding carboxylic acids is 1. The molecule has 0 fully saturated rings. The van der Waals surface area contributed by atoms with Gasteiger partial charge in [0.2, 0.25) is 0 Å². The molecule has 1 aliphatic rings. The van der Waals surface area contributed by atoms with E-state index >= 15 is 0 Å². The Morgan fingerprint density at radius 1 is 1.53 bits per heavy atom. The van der Waals surface area contributed by atoms with E-state index in [1.165, 1.54) is 0 Å². The smallest absolute Gasteiger partial charge is 0.256 e. The lowest BCUT2D eigenvalue weighted by Gasteiger charge is -2.23. The normalized spacial score (nSPS) is 18.8. The fourth-order valence-electron chi connectivity index (χ4n) is 2.31. The van der Waals surface area contributed by atoms with Crippen LogP contribution in [0.1, 0.15) is 20.2 Å². The van der Waals surface area contributed by atoms with Crippen molar-refractivity contribution < 1.29 is 8.91 Å². The number of nitrogens with zero attached hydrogens (tertiary/aromatic N) is 3. The van der Waals surface area contributed by atoms with Crippen molar-refractivity contribution >= 4 is 32.9 Å². The van der Waals surface area contributed by atoms with Gasteiger partial charge in [-0.2, -0.15) is 0 Å². The van der Waals surface area contributed by atoms with Crippen molar-refractivity contribution in [1.82, 2.24) is 14.5 Å². The number of carbonyl (C=O) groups is 1. The number of aromatic nitrogens is 2. The van der Waals surface area contributed by atoms with E-state index in [2.05, 4.69) is 20.9 Å². The summed E-state index contributed by atoms with van der Waals surface area (Å²) in [5.74, 6) is -0.444. The fourth-order valence-corrected chi connectivity index (χ4v) is 2.61. The van der Waals surface area contributed by atoms with Crippen LogP contribution in [0, 0.1) is 0 Å². The summed E-state index contributed by atoms with van der Waals surface area (Å²) in [7, 11) is 1.85. The zero-order chi connectivity index (χ0) is 14.7. The monoisotopic (exact) mass is 299 g/mol. The molecule has 0 aliphatic carbocycles. The van der Waals surface area contributed by atoms with Crippen molar-refractivity contribution in [2.75, 3.05) is 13.5 Å². The fraction of sp³-hybridized carbons (Fsp3) is 0.333. The molecule has 0 bridgehead atoms. The van der Waals surface area contributed by atoms with Gasteiger partial charge in [-0.1, -0.05) is 0 Å². The Morgan fingerprint density at radius 2 is 2.35 bits per heavy atom. The SMILES string of the molecule is [3H]C([3H])([3H])N1CCc2c(c3ccc(Br)nc3n2C)C1=O. The molecule has 0 atom stereocenters. The molecule has 2 aromatic heterocycles. The van der Waals surface area contributed by atoms with Gasteiger partial charge >= 0.3 is 0 Å². The van der Waals surface area contributed by atoms with E-state index in [0.717, 1.165) is 10.6 Å². The lowest BCUT2D eigenvalue weighted by Crippen LogP contribution is -2.34. The summed E-state index contributed by atoms with van der Waals surface area (Å²) in [5.41, 5.74) is 1.99. The maximum Gasteiger partial charge on any atom is 0.256 e. The quantitative estimate of drug-likeness (QED) is 0.698. The number of halogens is 1. The van der Waals surface area contributed by atoms with Crippen LogP contribution in [-0.4, -0.2) is 33.9 Å². The number of hydrogen-bond donors (Lipinski definition) is 0. The molecule has 4 nitrogen and oxygen atoms in total. The number of fused-ring (bicyclic) bond motifs is 3. The summed E-state index contributed by atoms with van der Waals surface area (Å²) >= 11 is 3.31. The third kappa shape index (κ3) is 1.42. The van der Waals surface area contributed by atoms with E-state index in [4.69, 9.17) is 4.11 Å². The highest BCUT2D eigenvalue weighted by Gasteiger charge is 2.28. The van der Waals surface area contributed by atoms with Gasteiger partial charge in [0.1, 0.15) is 10.3 Å². The average molecular weight is 300 g/mol. The summed E-state index contributed by atoms with van der Waals surface area (Å²) in [4.78, 5) is 17.8. The van der Waals surface area contributed by atoms with Crippen LogP contribution in [0.4, 0.5) is 0 Å². The molecule has 0 aromatic carbocycles. The van der Waals surface area contributed by atoms with Crippen molar-refractivity contribution in [3.8, 4) is 0 Å². The van der Waals surface area contributed by atoms with Crippen LogP contribution in [0.15, 0.2) is 16.7 Å². The zero-order valence-electron chi connectivity index (χ0n) is 12.2. The number of amides is 1. The first-order valence-corrected chi connectivity index (χ1v) is 6.06. The van der Waals surface area contributed by atoms with Crippen LogP contribution in [0.3, 0.4) is 0 Å². The zero-order valence-corrected chi connectivity index (χ0v) is 10.8. The molecule has 0 saturated heterocycles. The molecule has 1 amide bonds.